The Kier molecular flexibility index (Phi) is 9.86. The molecule has 0 saturated heterocycles. The van der Waals surface area contributed by atoms with Gasteiger partial charge in [0, 0.05) is 30.3 Å². The number of pyridine rings is 1. The molecule has 14 heteroatoms. The number of alkyl halides is 5. The second-order valence-corrected chi connectivity index (χ2v) is 8.72. The van der Waals surface area contributed by atoms with Gasteiger partial charge in [-0.25, -0.2) is 4.98 Å². The van der Waals surface area contributed by atoms with Crippen LogP contribution in [0.1, 0.15) is 30.4 Å². The van der Waals surface area contributed by atoms with Crippen LogP contribution in [0.5, 0.6) is 17.4 Å². The standard InChI is InChI=1S/C22H18Cl3F5N2O4/c23-16-9-14(33-7-5-18(24)25)8-15(20(16)35-21(26)27)17-10-13(36-32-17)2-1-6-34-19-4-3-12(11-31-19)22(28,29)30/h3-5,8-9,11,13,21H,1-2,6-7,10H2. The lowest BCUT2D eigenvalue weighted by Crippen LogP contribution is -2.13. The van der Waals surface area contributed by atoms with Crippen LogP contribution < -0.4 is 14.2 Å². The zero-order valence-corrected chi connectivity index (χ0v) is 20.5. The van der Waals surface area contributed by atoms with Gasteiger partial charge in [-0.05, 0) is 31.1 Å². The maximum Gasteiger partial charge on any atom is 0.417 e. The van der Waals surface area contributed by atoms with Crippen LogP contribution >= 0.6 is 34.8 Å². The third-order valence-corrected chi connectivity index (χ3v) is 5.33. The molecular formula is C22H18Cl3F5N2O4. The number of hydrogen-bond acceptors (Lipinski definition) is 6. The number of benzene rings is 1. The van der Waals surface area contributed by atoms with Gasteiger partial charge in [-0.2, -0.15) is 22.0 Å². The Labute approximate surface area is 217 Å². The molecule has 6 nitrogen and oxygen atoms in total. The fourth-order valence-corrected chi connectivity index (χ4v) is 3.52. The minimum absolute atomic E-state index is 0.00605. The number of halogens is 8. The van der Waals surface area contributed by atoms with E-state index in [-0.39, 0.29) is 52.1 Å². The Balaban J connectivity index is 1.57. The number of hydrogen-bond donors (Lipinski definition) is 0. The smallest absolute Gasteiger partial charge is 0.417 e. The van der Waals surface area contributed by atoms with E-state index in [1.165, 1.54) is 18.2 Å². The molecule has 196 valence electrons. The Morgan fingerprint density at radius 2 is 1.97 bits per heavy atom. The summed E-state index contributed by atoms with van der Waals surface area (Å²) in [7, 11) is 0. The summed E-state index contributed by atoms with van der Waals surface area (Å²) >= 11 is 17.2. The molecule has 0 N–H and O–H groups in total. The third kappa shape index (κ3) is 8.28. The first-order valence-corrected chi connectivity index (χ1v) is 11.5. The Bertz CT molecular complexity index is 1090. The second-order valence-electron chi connectivity index (χ2n) is 7.31. The van der Waals surface area contributed by atoms with Crippen LogP contribution in [0.2, 0.25) is 5.02 Å². The van der Waals surface area contributed by atoms with E-state index in [9.17, 15) is 22.0 Å². The van der Waals surface area contributed by atoms with Gasteiger partial charge in [0.25, 0.3) is 0 Å². The molecule has 1 atom stereocenters. The molecule has 0 radical (unpaired) electrons. The van der Waals surface area contributed by atoms with Crippen LogP contribution in [-0.4, -0.2) is 36.6 Å². The fraction of sp³-hybridized carbons (Fsp3) is 0.364. The maximum atomic E-state index is 13.0. The molecule has 36 heavy (non-hydrogen) atoms. The zero-order chi connectivity index (χ0) is 26.3. The van der Waals surface area contributed by atoms with Crippen LogP contribution in [0.25, 0.3) is 0 Å². The van der Waals surface area contributed by atoms with Crippen molar-refractivity contribution in [3.05, 3.63) is 57.2 Å². The van der Waals surface area contributed by atoms with Crippen molar-refractivity contribution in [2.24, 2.45) is 5.16 Å². The molecule has 2 heterocycles. The van der Waals surface area contributed by atoms with Gasteiger partial charge < -0.3 is 19.0 Å². The third-order valence-electron chi connectivity index (χ3n) is 4.74. The van der Waals surface area contributed by atoms with Crippen molar-refractivity contribution in [2.45, 2.75) is 38.2 Å². The van der Waals surface area contributed by atoms with Crippen LogP contribution in [0.3, 0.4) is 0 Å². The van der Waals surface area contributed by atoms with E-state index in [4.69, 9.17) is 49.1 Å². The van der Waals surface area contributed by atoms with Crippen molar-refractivity contribution >= 4 is 40.5 Å². The van der Waals surface area contributed by atoms with Crippen LogP contribution in [0, 0.1) is 0 Å². The van der Waals surface area contributed by atoms with Gasteiger partial charge in [0.05, 0.1) is 22.9 Å². The highest BCUT2D eigenvalue weighted by Crippen LogP contribution is 2.37. The molecule has 0 amide bonds. The van der Waals surface area contributed by atoms with Gasteiger partial charge in [-0.1, -0.05) is 40.0 Å². The van der Waals surface area contributed by atoms with Crippen molar-refractivity contribution in [3.8, 4) is 17.4 Å². The molecule has 1 aromatic carbocycles. The molecule has 0 bridgehead atoms. The quantitative estimate of drug-likeness (QED) is 0.206. The van der Waals surface area contributed by atoms with Crippen molar-refractivity contribution < 1.29 is 41.0 Å². The molecule has 0 fully saturated rings. The molecular weight excluding hydrogens is 558 g/mol. The van der Waals surface area contributed by atoms with Crippen LogP contribution in [0.4, 0.5) is 22.0 Å². The number of ether oxygens (including phenoxy) is 3. The molecule has 1 aliphatic rings. The fourth-order valence-electron chi connectivity index (χ4n) is 3.14. The van der Waals surface area contributed by atoms with E-state index in [0.717, 1.165) is 12.1 Å². The summed E-state index contributed by atoms with van der Waals surface area (Å²) in [5, 5.41) is 3.86. The lowest BCUT2D eigenvalue weighted by molar-refractivity contribution is -0.137. The molecule has 1 aliphatic heterocycles. The van der Waals surface area contributed by atoms with Gasteiger partial charge in [0.2, 0.25) is 5.88 Å². The first-order valence-electron chi connectivity index (χ1n) is 10.3. The minimum Gasteiger partial charge on any atom is -0.489 e. The van der Waals surface area contributed by atoms with E-state index in [1.54, 1.807) is 0 Å². The van der Waals surface area contributed by atoms with Crippen LogP contribution in [0.15, 0.2) is 46.2 Å². The number of oxime groups is 1. The zero-order valence-electron chi connectivity index (χ0n) is 18.2. The molecule has 0 aliphatic carbocycles. The van der Waals surface area contributed by atoms with Gasteiger partial charge in [0.15, 0.2) is 5.75 Å². The highest BCUT2D eigenvalue weighted by Gasteiger charge is 2.31. The second kappa shape index (κ2) is 12.6. The number of nitrogens with zero attached hydrogens (tertiary/aromatic N) is 2. The normalized spacial score (nSPS) is 15.4. The average Bonchev–Trinajstić information content (AvgIpc) is 3.26. The number of rotatable bonds is 11. The number of aromatic nitrogens is 1. The lowest BCUT2D eigenvalue weighted by atomic mass is 10.0. The van der Waals surface area contributed by atoms with E-state index in [1.807, 2.05) is 0 Å². The Hall–Kier alpha value is -2.50. The average molecular weight is 576 g/mol. The predicted octanol–water partition coefficient (Wildman–Crippen LogP) is 7.41. The SMILES string of the molecule is FC(F)Oc1c(Cl)cc(OCC=C(Cl)Cl)cc1C1=NOC(CCCOc2ccc(C(F)(F)F)cn2)C1. The summed E-state index contributed by atoms with van der Waals surface area (Å²) < 4.78 is 79.1. The summed E-state index contributed by atoms with van der Waals surface area (Å²) in [5.41, 5.74) is -0.381. The topological polar surface area (TPSA) is 62.2 Å². The van der Waals surface area contributed by atoms with E-state index in [2.05, 4.69) is 14.9 Å². The Morgan fingerprint density at radius 1 is 1.19 bits per heavy atom. The molecule has 1 unspecified atom stereocenters. The van der Waals surface area contributed by atoms with Gasteiger partial charge >= 0.3 is 12.8 Å². The highest BCUT2D eigenvalue weighted by molar-refractivity contribution is 6.55. The van der Waals surface area contributed by atoms with E-state index < -0.39 is 24.5 Å². The van der Waals surface area contributed by atoms with Crippen molar-refractivity contribution in [1.29, 1.82) is 0 Å². The monoisotopic (exact) mass is 574 g/mol. The minimum atomic E-state index is -4.48. The first-order chi connectivity index (χ1) is 17.0. The summed E-state index contributed by atoms with van der Waals surface area (Å²) in [6, 6.07) is 4.75. The summed E-state index contributed by atoms with van der Waals surface area (Å²) in [5.74, 6) is 0.0218. The maximum absolute atomic E-state index is 13.0. The van der Waals surface area contributed by atoms with Gasteiger partial charge in [-0.15, -0.1) is 0 Å². The van der Waals surface area contributed by atoms with Gasteiger partial charge in [-0.3, -0.25) is 0 Å². The van der Waals surface area contributed by atoms with Crippen molar-refractivity contribution in [2.75, 3.05) is 13.2 Å². The summed E-state index contributed by atoms with van der Waals surface area (Å²) in [6.45, 7) is -2.95. The van der Waals surface area contributed by atoms with E-state index >= 15 is 0 Å². The first kappa shape index (κ1) is 28.1. The molecule has 1 aromatic heterocycles. The summed E-state index contributed by atoms with van der Waals surface area (Å²) in [4.78, 5) is 9.03. The molecule has 0 saturated carbocycles. The van der Waals surface area contributed by atoms with Gasteiger partial charge in [0.1, 0.15) is 23.0 Å². The summed E-state index contributed by atoms with van der Waals surface area (Å²) in [6.07, 6.45) is -1.62. The predicted molar refractivity (Wildman–Crippen MR) is 123 cm³/mol. The van der Waals surface area contributed by atoms with E-state index in [0.29, 0.717) is 24.8 Å². The highest BCUT2D eigenvalue weighted by atomic mass is 35.5. The van der Waals surface area contributed by atoms with Crippen LogP contribution in [-0.2, 0) is 11.0 Å². The molecule has 0 spiro atoms. The largest absolute Gasteiger partial charge is 0.489 e. The van der Waals surface area contributed by atoms with Crippen molar-refractivity contribution in [3.63, 3.8) is 0 Å². The molecule has 2 aromatic rings. The van der Waals surface area contributed by atoms with Crippen molar-refractivity contribution in [1.82, 2.24) is 4.98 Å². The lowest BCUT2D eigenvalue weighted by Gasteiger charge is -2.14. The molecule has 3 rings (SSSR count). The Morgan fingerprint density at radius 3 is 2.61 bits per heavy atom.